The predicted octanol–water partition coefficient (Wildman–Crippen LogP) is 2.22. The number of carboxylic acid groups (broad SMARTS) is 1. The van der Waals surface area contributed by atoms with Crippen molar-refractivity contribution in [2.45, 2.75) is 57.3 Å². The van der Waals surface area contributed by atoms with Crippen LogP contribution in [0, 0.1) is 5.92 Å². The molecule has 2 rings (SSSR count). The molecule has 1 unspecified atom stereocenters. The summed E-state index contributed by atoms with van der Waals surface area (Å²) >= 11 is 1.23. The van der Waals surface area contributed by atoms with E-state index < -0.39 is 5.97 Å². The monoisotopic (exact) mass is 313 g/mol. The lowest BCUT2D eigenvalue weighted by Gasteiger charge is -2.13. The summed E-state index contributed by atoms with van der Waals surface area (Å²) in [4.78, 5) is 10.7. The van der Waals surface area contributed by atoms with Gasteiger partial charge in [0.15, 0.2) is 5.16 Å². The van der Waals surface area contributed by atoms with Crippen LogP contribution in [0.15, 0.2) is 5.16 Å². The zero-order chi connectivity index (χ0) is 15.2. The smallest absolute Gasteiger partial charge is 0.313 e. The van der Waals surface area contributed by atoms with Crippen molar-refractivity contribution in [1.29, 1.82) is 0 Å². The van der Waals surface area contributed by atoms with Gasteiger partial charge in [-0.1, -0.05) is 25.6 Å². The molecule has 0 aliphatic carbocycles. The highest BCUT2D eigenvalue weighted by molar-refractivity contribution is 7.99. The van der Waals surface area contributed by atoms with Crippen LogP contribution < -0.4 is 0 Å². The Kier molecular flexibility index (Phi) is 6.05. The average Bonchev–Trinajstić information content (AvgIpc) is 3.03. The molecular weight excluding hydrogens is 290 g/mol. The highest BCUT2D eigenvalue weighted by atomic mass is 32.2. The third-order valence-electron chi connectivity index (χ3n) is 3.38. The zero-order valence-corrected chi connectivity index (χ0v) is 13.4. The van der Waals surface area contributed by atoms with Crippen molar-refractivity contribution in [2.75, 3.05) is 12.4 Å². The SMILES string of the molecule is CC(C)Cn1c(CCC2CCCO2)nnc1SCC(=O)O. The van der Waals surface area contributed by atoms with E-state index in [0.29, 0.717) is 17.2 Å². The van der Waals surface area contributed by atoms with Gasteiger partial charge in [-0.15, -0.1) is 10.2 Å². The molecule has 1 atom stereocenters. The Bertz CT molecular complexity index is 470. The lowest BCUT2D eigenvalue weighted by Crippen LogP contribution is -2.13. The Balaban J connectivity index is 2.01. The van der Waals surface area contributed by atoms with Gasteiger partial charge in [-0.25, -0.2) is 0 Å². The highest BCUT2D eigenvalue weighted by Gasteiger charge is 2.19. The molecule has 0 bridgehead atoms. The van der Waals surface area contributed by atoms with E-state index in [0.717, 1.165) is 44.7 Å². The maximum atomic E-state index is 10.7. The van der Waals surface area contributed by atoms with Gasteiger partial charge in [0.1, 0.15) is 5.82 Å². The number of hydrogen-bond acceptors (Lipinski definition) is 5. The van der Waals surface area contributed by atoms with E-state index in [4.69, 9.17) is 9.84 Å². The summed E-state index contributed by atoms with van der Waals surface area (Å²) in [6.45, 7) is 5.95. The fraction of sp³-hybridized carbons (Fsp3) is 0.786. The third kappa shape index (κ3) is 5.00. The van der Waals surface area contributed by atoms with Crippen molar-refractivity contribution in [2.24, 2.45) is 5.92 Å². The summed E-state index contributed by atoms with van der Waals surface area (Å²) in [5.41, 5.74) is 0. The number of thioether (sulfide) groups is 1. The first-order chi connectivity index (χ1) is 10.1. The fourth-order valence-electron chi connectivity index (χ4n) is 2.45. The minimum Gasteiger partial charge on any atom is -0.481 e. The maximum Gasteiger partial charge on any atom is 0.313 e. The number of aryl methyl sites for hydroxylation is 1. The second-order valence-electron chi connectivity index (χ2n) is 5.76. The molecule has 1 aliphatic rings. The minimum atomic E-state index is -0.833. The second kappa shape index (κ2) is 7.79. The van der Waals surface area contributed by atoms with Crippen LogP contribution in [0.2, 0.25) is 0 Å². The first-order valence-corrected chi connectivity index (χ1v) is 8.43. The number of hydrogen-bond donors (Lipinski definition) is 1. The summed E-state index contributed by atoms with van der Waals surface area (Å²) in [7, 11) is 0. The largest absolute Gasteiger partial charge is 0.481 e. The highest BCUT2D eigenvalue weighted by Crippen LogP contribution is 2.21. The van der Waals surface area contributed by atoms with Crippen LogP contribution in [0.3, 0.4) is 0 Å². The Morgan fingerprint density at radius 1 is 1.52 bits per heavy atom. The van der Waals surface area contributed by atoms with Gasteiger partial charge < -0.3 is 14.4 Å². The van der Waals surface area contributed by atoms with Gasteiger partial charge in [-0.3, -0.25) is 4.79 Å². The van der Waals surface area contributed by atoms with Gasteiger partial charge in [-0.05, 0) is 25.2 Å². The molecule has 1 N–H and O–H groups in total. The molecule has 0 aromatic carbocycles. The number of aliphatic carboxylic acids is 1. The topological polar surface area (TPSA) is 77.2 Å². The fourth-order valence-corrected chi connectivity index (χ4v) is 3.13. The molecule has 1 aromatic rings. The summed E-state index contributed by atoms with van der Waals surface area (Å²) < 4.78 is 7.70. The van der Waals surface area contributed by atoms with E-state index in [1.54, 1.807) is 0 Å². The number of carboxylic acids is 1. The molecule has 0 saturated carbocycles. The van der Waals surface area contributed by atoms with Gasteiger partial charge in [0, 0.05) is 19.6 Å². The zero-order valence-electron chi connectivity index (χ0n) is 12.6. The summed E-state index contributed by atoms with van der Waals surface area (Å²) in [5, 5.41) is 17.9. The van der Waals surface area contributed by atoms with E-state index >= 15 is 0 Å². The molecule has 6 nitrogen and oxygen atoms in total. The predicted molar refractivity (Wildman–Crippen MR) is 80.5 cm³/mol. The average molecular weight is 313 g/mol. The number of aromatic nitrogens is 3. The van der Waals surface area contributed by atoms with Crippen molar-refractivity contribution in [3.05, 3.63) is 5.82 Å². The Morgan fingerprint density at radius 3 is 2.95 bits per heavy atom. The molecule has 1 aliphatic heterocycles. The van der Waals surface area contributed by atoms with E-state index in [2.05, 4.69) is 28.6 Å². The summed E-state index contributed by atoms with van der Waals surface area (Å²) in [6.07, 6.45) is 4.39. The van der Waals surface area contributed by atoms with Gasteiger partial charge in [0.25, 0.3) is 0 Å². The van der Waals surface area contributed by atoms with Crippen molar-refractivity contribution in [3.63, 3.8) is 0 Å². The first-order valence-electron chi connectivity index (χ1n) is 7.44. The number of carbonyl (C=O) groups is 1. The van der Waals surface area contributed by atoms with Crippen LogP contribution >= 0.6 is 11.8 Å². The van der Waals surface area contributed by atoms with Crippen molar-refractivity contribution in [3.8, 4) is 0 Å². The first kappa shape index (κ1) is 16.3. The van der Waals surface area contributed by atoms with Gasteiger partial charge in [-0.2, -0.15) is 0 Å². The van der Waals surface area contributed by atoms with Gasteiger partial charge in [0.2, 0.25) is 0 Å². The maximum absolute atomic E-state index is 10.7. The molecule has 7 heteroatoms. The molecule has 1 fully saturated rings. The molecule has 0 amide bonds. The lowest BCUT2D eigenvalue weighted by atomic mass is 10.1. The Morgan fingerprint density at radius 2 is 2.33 bits per heavy atom. The lowest BCUT2D eigenvalue weighted by molar-refractivity contribution is -0.133. The van der Waals surface area contributed by atoms with E-state index in [-0.39, 0.29) is 5.75 Å². The molecule has 118 valence electrons. The van der Waals surface area contributed by atoms with Crippen LogP contribution in [0.5, 0.6) is 0 Å². The van der Waals surface area contributed by atoms with Crippen molar-refractivity contribution >= 4 is 17.7 Å². The van der Waals surface area contributed by atoms with Crippen LogP contribution in [0.25, 0.3) is 0 Å². The Hall–Kier alpha value is -1.08. The second-order valence-corrected chi connectivity index (χ2v) is 6.70. The number of nitrogens with zero attached hydrogens (tertiary/aromatic N) is 3. The van der Waals surface area contributed by atoms with Crippen LogP contribution in [0.4, 0.5) is 0 Å². The quantitative estimate of drug-likeness (QED) is 0.742. The molecule has 1 aromatic heterocycles. The molecule has 21 heavy (non-hydrogen) atoms. The van der Waals surface area contributed by atoms with Crippen molar-refractivity contribution in [1.82, 2.24) is 14.8 Å². The van der Waals surface area contributed by atoms with Crippen molar-refractivity contribution < 1.29 is 14.6 Å². The molecule has 0 spiro atoms. The minimum absolute atomic E-state index is 0.0158. The summed E-state index contributed by atoms with van der Waals surface area (Å²) in [5.74, 6) is 0.584. The van der Waals surface area contributed by atoms with Gasteiger partial charge >= 0.3 is 5.97 Å². The van der Waals surface area contributed by atoms with Crippen LogP contribution in [-0.4, -0.2) is 44.3 Å². The van der Waals surface area contributed by atoms with Crippen LogP contribution in [0.1, 0.15) is 38.9 Å². The molecular formula is C14H23N3O3S. The molecule has 0 radical (unpaired) electrons. The molecule has 2 heterocycles. The van der Waals surface area contributed by atoms with E-state index in [1.165, 1.54) is 11.8 Å². The molecule has 1 saturated heterocycles. The number of rotatable bonds is 8. The normalized spacial score (nSPS) is 18.5. The van der Waals surface area contributed by atoms with E-state index in [9.17, 15) is 4.79 Å². The van der Waals surface area contributed by atoms with Gasteiger partial charge in [0.05, 0.1) is 11.9 Å². The number of ether oxygens (including phenoxy) is 1. The van der Waals surface area contributed by atoms with E-state index in [1.807, 2.05) is 0 Å². The third-order valence-corrected chi connectivity index (χ3v) is 4.33. The van der Waals surface area contributed by atoms with Crippen LogP contribution in [-0.2, 0) is 22.5 Å². The Labute approximate surface area is 129 Å². The standard InChI is InChI=1S/C14H23N3O3S/c1-10(2)8-17-12(6-5-11-4-3-7-20-11)15-16-14(17)21-9-13(18)19/h10-11H,3-9H2,1-2H3,(H,18,19). The summed E-state index contributed by atoms with van der Waals surface area (Å²) in [6, 6.07) is 0.